The SMILES string of the molecule is CC(C)Oc1ccc2c(c1)CN(C[SH](=O)=O)CC2. The van der Waals surface area contributed by atoms with Crippen LogP contribution in [0.1, 0.15) is 25.0 Å². The van der Waals surface area contributed by atoms with Gasteiger partial charge in [-0.3, -0.25) is 4.90 Å². The number of rotatable bonds is 4. The Hall–Kier alpha value is -1.07. The smallest absolute Gasteiger partial charge is 0.153 e. The second kappa shape index (κ2) is 5.71. The number of hydrogen-bond acceptors (Lipinski definition) is 4. The van der Waals surface area contributed by atoms with Crippen molar-refractivity contribution in [2.75, 3.05) is 12.4 Å². The van der Waals surface area contributed by atoms with Crippen molar-refractivity contribution >= 4 is 10.7 Å². The molecule has 0 saturated heterocycles. The monoisotopic (exact) mass is 269 g/mol. The number of nitrogens with zero attached hydrogens (tertiary/aromatic N) is 1. The number of benzene rings is 1. The van der Waals surface area contributed by atoms with E-state index in [0.717, 1.165) is 18.7 Å². The van der Waals surface area contributed by atoms with E-state index in [0.29, 0.717) is 6.54 Å². The van der Waals surface area contributed by atoms with Crippen molar-refractivity contribution in [3.8, 4) is 5.75 Å². The van der Waals surface area contributed by atoms with Crippen LogP contribution in [0.4, 0.5) is 0 Å². The van der Waals surface area contributed by atoms with Crippen molar-refractivity contribution in [2.24, 2.45) is 0 Å². The third-order valence-electron chi connectivity index (χ3n) is 2.96. The van der Waals surface area contributed by atoms with Gasteiger partial charge in [-0.2, -0.15) is 0 Å². The average Bonchev–Trinajstić information content (AvgIpc) is 2.26. The zero-order valence-electron chi connectivity index (χ0n) is 10.8. The molecule has 5 heteroatoms. The highest BCUT2D eigenvalue weighted by Gasteiger charge is 2.17. The summed E-state index contributed by atoms with van der Waals surface area (Å²) in [6.45, 7) is 5.48. The summed E-state index contributed by atoms with van der Waals surface area (Å²) in [6.07, 6.45) is 1.05. The topological polar surface area (TPSA) is 46.6 Å². The first-order valence-corrected chi connectivity index (χ1v) is 7.53. The molecule has 2 rings (SSSR count). The molecule has 1 aromatic rings. The first-order valence-electron chi connectivity index (χ1n) is 6.17. The van der Waals surface area contributed by atoms with Crippen molar-refractivity contribution in [1.29, 1.82) is 0 Å². The summed E-state index contributed by atoms with van der Waals surface area (Å²) in [5.74, 6) is 1.00. The molecule has 0 aromatic heterocycles. The predicted molar refractivity (Wildman–Crippen MR) is 71.5 cm³/mol. The lowest BCUT2D eigenvalue weighted by Gasteiger charge is -2.27. The van der Waals surface area contributed by atoms with Crippen LogP contribution in [0.5, 0.6) is 5.75 Å². The highest BCUT2D eigenvalue weighted by atomic mass is 32.2. The van der Waals surface area contributed by atoms with Crippen LogP contribution in [-0.2, 0) is 23.7 Å². The van der Waals surface area contributed by atoms with E-state index in [4.69, 9.17) is 4.74 Å². The van der Waals surface area contributed by atoms with Gasteiger partial charge in [0.05, 0.1) is 12.0 Å². The molecule has 1 heterocycles. The van der Waals surface area contributed by atoms with Gasteiger partial charge in [-0.05, 0) is 43.5 Å². The normalized spacial score (nSPS) is 16.0. The van der Waals surface area contributed by atoms with Crippen molar-refractivity contribution in [3.05, 3.63) is 29.3 Å². The van der Waals surface area contributed by atoms with Gasteiger partial charge in [0, 0.05) is 13.1 Å². The molecule has 0 bridgehead atoms. The fourth-order valence-corrected chi connectivity index (χ4v) is 2.79. The predicted octanol–water partition coefficient (Wildman–Crippen LogP) is 1.40. The second-order valence-corrected chi connectivity index (χ2v) is 5.82. The molecule has 1 aromatic carbocycles. The van der Waals surface area contributed by atoms with Gasteiger partial charge in [0.1, 0.15) is 5.75 Å². The van der Waals surface area contributed by atoms with Crippen LogP contribution in [-0.4, -0.2) is 31.8 Å². The van der Waals surface area contributed by atoms with Crippen molar-refractivity contribution in [3.63, 3.8) is 0 Å². The van der Waals surface area contributed by atoms with E-state index in [1.165, 1.54) is 11.1 Å². The highest BCUT2D eigenvalue weighted by Crippen LogP contribution is 2.24. The number of fused-ring (bicyclic) bond motifs is 1. The number of thiol groups is 1. The van der Waals surface area contributed by atoms with E-state index in [1.54, 1.807) is 0 Å². The van der Waals surface area contributed by atoms with Gasteiger partial charge in [-0.25, -0.2) is 8.42 Å². The van der Waals surface area contributed by atoms with Crippen LogP contribution >= 0.6 is 0 Å². The van der Waals surface area contributed by atoms with Crippen molar-refractivity contribution < 1.29 is 13.2 Å². The molecule has 100 valence electrons. The Bertz CT molecular complexity index is 489. The summed E-state index contributed by atoms with van der Waals surface area (Å²) in [5.41, 5.74) is 2.47. The molecule has 0 atom stereocenters. The molecule has 4 nitrogen and oxygen atoms in total. The van der Waals surface area contributed by atoms with Crippen LogP contribution in [0.3, 0.4) is 0 Å². The van der Waals surface area contributed by atoms with Crippen LogP contribution < -0.4 is 4.74 Å². The third kappa shape index (κ3) is 3.46. The molecule has 0 amide bonds. The Labute approximate surface area is 110 Å². The van der Waals surface area contributed by atoms with Gasteiger partial charge in [-0.1, -0.05) is 6.07 Å². The summed E-state index contributed by atoms with van der Waals surface area (Å²) in [5, 5.41) is 0. The van der Waals surface area contributed by atoms with E-state index in [9.17, 15) is 8.42 Å². The van der Waals surface area contributed by atoms with Gasteiger partial charge < -0.3 is 4.74 Å². The quantitative estimate of drug-likeness (QED) is 0.839. The largest absolute Gasteiger partial charge is 0.491 e. The van der Waals surface area contributed by atoms with Crippen molar-refractivity contribution in [2.45, 2.75) is 32.9 Å². The second-order valence-electron chi connectivity index (χ2n) is 4.87. The van der Waals surface area contributed by atoms with Gasteiger partial charge in [0.25, 0.3) is 0 Å². The standard InChI is InChI=1S/C13H19NO3S/c1-10(2)17-13-4-3-11-5-6-14(9-18(15)16)8-12(11)7-13/h3-4,7,10,18H,5-6,8-9H2,1-2H3. The van der Waals surface area contributed by atoms with E-state index in [2.05, 4.69) is 6.07 Å². The third-order valence-corrected chi connectivity index (χ3v) is 3.59. The molecular formula is C13H19NO3S. The first kappa shape index (κ1) is 13.4. The Morgan fingerprint density at radius 1 is 1.33 bits per heavy atom. The lowest BCUT2D eigenvalue weighted by Crippen LogP contribution is -2.31. The molecule has 0 radical (unpaired) electrons. The fourth-order valence-electron chi connectivity index (χ4n) is 2.22. The highest BCUT2D eigenvalue weighted by molar-refractivity contribution is 7.72. The van der Waals surface area contributed by atoms with Crippen LogP contribution in [0.15, 0.2) is 18.2 Å². The minimum Gasteiger partial charge on any atom is -0.491 e. The molecule has 18 heavy (non-hydrogen) atoms. The summed E-state index contributed by atoms with van der Waals surface area (Å²) in [6, 6.07) is 6.10. The lowest BCUT2D eigenvalue weighted by molar-refractivity contribution is 0.240. The molecule has 1 aliphatic rings. The molecule has 0 aliphatic carbocycles. The molecule has 0 spiro atoms. The molecule has 1 aliphatic heterocycles. The maximum atomic E-state index is 10.8. The molecule has 0 fully saturated rings. The van der Waals surface area contributed by atoms with E-state index in [1.807, 2.05) is 30.9 Å². The lowest BCUT2D eigenvalue weighted by atomic mass is 10.00. The maximum absolute atomic E-state index is 10.8. The van der Waals surface area contributed by atoms with Crippen molar-refractivity contribution in [1.82, 2.24) is 4.90 Å². The number of hydrogen-bond donors (Lipinski definition) is 1. The summed E-state index contributed by atoms with van der Waals surface area (Å²) >= 11 is 0. The van der Waals surface area contributed by atoms with Crippen LogP contribution in [0.2, 0.25) is 0 Å². The van der Waals surface area contributed by atoms with Gasteiger partial charge in [0.2, 0.25) is 0 Å². The van der Waals surface area contributed by atoms with E-state index in [-0.39, 0.29) is 12.0 Å². The van der Waals surface area contributed by atoms with Crippen LogP contribution in [0, 0.1) is 0 Å². The average molecular weight is 269 g/mol. The minimum absolute atomic E-state index is 0.143. The van der Waals surface area contributed by atoms with Gasteiger partial charge >= 0.3 is 0 Å². The minimum atomic E-state index is -2.34. The summed E-state index contributed by atoms with van der Waals surface area (Å²) in [7, 11) is -2.34. The Balaban J connectivity index is 2.13. The number of ether oxygens (including phenoxy) is 1. The zero-order chi connectivity index (χ0) is 13.1. The Morgan fingerprint density at radius 3 is 2.78 bits per heavy atom. The van der Waals surface area contributed by atoms with E-state index >= 15 is 0 Å². The Morgan fingerprint density at radius 2 is 2.11 bits per heavy atom. The first-order chi connectivity index (χ1) is 8.54. The van der Waals surface area contributed by atoms with E-state index < -0.39 is 10.7 Å². The molecule has 0 N–H and O–H groups in total. The summed E-state index contributed by atoms with van der Waals surface area (Å²) in [4.78, 5) is 1.95. The summed E-state index contributed by atoms with van der Waals surface area (Å²) < 4.78 is 27.2. The molecular weight excluding hydrogens is 250 g/mol. The maximum Gasteiger partial charge on any atom is 0.153 e. The fraction of sp³-hybridized carbons (Fsp3) is 0.538. The van der Waals surface area contributed by atoms with Gasteiger partial charge in [0.15, 0.2) is 10.7 Å². The molecule has 0 unspecified atom stereocenters. The zero-order valence-corrected chi connectivity index (χ0v) is 11.7. The molecule has 0 saturated carbocycles. The van der Waals surface area contributed by atoms with Crippen LogP contribution in [0.25, 0.3) is 0 Å². The Kier molecular flexibility index (Phi) is 4.24. The van der Waals surface area contributed by atoms with Gasteiger partial charge in [-0.15, -0.1) is 0 Å².